The average Bonchev–Trinajstić information content (AvgIpc) is 3.19. The summed E-state index contributed by atoms with van der Waals surface area (Å²) in [6.07, 6.45) is -0.433. The molecule has 0 aliphatic heterocycles. The fourth-order valence-corrected chi connectivity index (χ4v) is 2.59. The van der Waals surface area contributed by atoms with Gasteiger partial charge in [0.05, 0.1) is 17.5 Å². The molecule has 9 nitrogen and oxygen atoms in total. The fourth-order valence-electron chi connectivity index (χ4n) is 2.59. The number of nitrogens with one attached hydrogen (secondary N) is 1. The van der Waals surface area contributed by atoms with Crippen molar-refractivity contribution in [1.82, 2.24) is 15.5 Å². The van der Waals surface area contributed by atoms with Crippen molar-refractivity contribution in [3.8, 4) is 11.4 Å². The number of aromatic nitrogens is 2. The van der Waals surface area contributed by atoms with Gasteiger partial charge in [-0.05, 0) is 36.4 Å². The molecule has 1 atom stereocenters. The van der Waals surface area contributed by atoms with E-state index in [1.807, 2.05) is 0 Å². The quantitative estimate of drug-likeness (QED) is 0.534. The number of halogens is 2. The molecule has 0 aliphatic carbocycles. The highest BCUT2D eigenvalue weighted by Gasteiger charge is 2.25. The van der Waals surface area contributed by atoms with Crippen molar-refractivity contribution in [3.63, 3.8) is 0 Å². The summed E-state index contributed by atoms with van der Waals surface area (Å²) < 4.78 is 32.3. The smallest absolute Gasteiger partial charge is 0.335 e. The number of carbonyl (C=O) groups is 3. The summed E-state index contributed by atoms with van der Waals surface area (Å²) in [5.74, 6) is -4.86. The molecule has 3 aromatic rings. The van der Waals surface area contributed by atoms with Crippen LogP contribution in [0.1, 0.15) is 39.1 Å². The van der Waals surface area contributed by atoms with Gasteiger partial charge in [-0.1, -0.05) is 11.2 Å². The summed E-state index contributed by atoms with van der Waals surface area (Å²) in [5, 5.41) is 15.0. The summed E-state index contributed by atoms with van der Waals surface area (Å²) in [6, 6.07) is 6.67. The highest BCUT2D eigenvalue weighted by Crippen LogP contribution is 2.24. The zero-order valence-electron chi connectivity index (χ0n) is 15.1. The minimum atomic E-state index is -1.23. The minimum absolute atomic E-state index is 0.000263. The molecule has 154 valence electrons. The molecule has 3 rings (SSSR count). The van der Waals surface area contributed by atoms with Crippen LogP contribution in [0.3, 0.4) is 0 Å². The normalized spacial score (nSPS) is 11.7. The number of nitrogens with two attached hydrogens (primary N) is 1. The molecule has 0 saturated carbocycles. The number of benzene rings is 2. The largest absolute Gasteiger partial charge is 0.478 e. The van der Waals surface area contributed by atoms with Gasteiger partial charge in [0.25, 0.3) is 5.91 Å². The zero-order chi connectivity index (χ0) is 21.8. The van der Waals surface area contributed by atoms with Gasteiger partial charge in [0.15, 0.2) is 0 Å². The van der Waals surface area contributed by atoms with Crippen LogP contribution in [-0.2, 0) is 4.79 Å². The molecule has 1 heterocycles. The molecule has 4 N–H and O–H groups in total. The first-order chi connectivity index (χ1) is 14.2. The van der Waals surface area contributed by atoms with E-state index >= 15 is 0 Å². The van der Waals surface area contributed by atoms with E-state index < -0.39 is 41.9 Å². The molecular weight excluding hydrogens is 402 g/mol. The number of carboxylic acid groups (broad SMARTS) is 1. The maximum atomic E-state index is 13.9. The first-order valence-corrected chi connectivity index (χ1v) is 8.46. The number of carboxylic acids is 1. The number of nitrogens with zero attached hydrogens (tertiary/aromatic N) is 2. The molecule has 30 heavy (non-hydrogen) atoms. The fraction of sp³-hybridized carbons (Fsp3) is 0.105. The van der Waals surface area contributed by atoms with Gasteiger partial charge in [0, 0.05) is 5.56 Å². The van der Waals surface area contributed by atoms with Crippen molar-refractivity contribution in [1.29, 1.82) is 0 Å². The van der Waals surface area contributed by atoms with E-state index in [2.05, 4.69) is 15.5 Å². The number of hydrogen-bond acceptors (Lipinski definition) is 6. The van der Waals surface area contributed by atoms with Gasteiger partial charge in [0.2, 0.25) is 17.6 Å². The predicted octanol–water partition coefficient (Wildman–Crippen LogP) is 2.06. The lowest BCUT2D eigenvalue weighted by molar-refractivity contribution is -0.118. The standard InChI is InChI=1S/C19H14F2N4O5/c20-11-4-5-13(21)12(7-11)16-24-18(30-25-16)14(8-15(22)26)23-17(27)9-2-1-3-10(6-9)19(28)29/h1-7,14H,8H2,(H2,22,26)(H,23,27)(H,28,29)/t14-/m0/s1. The third-order valence-corrected chi connectivity index (χ3v) is 3.99. The topological polar surface area (TPSA) is 148 Å². The molecule has 0 saturated heterocycles. The number of primary amides is 1. The number of aromatic carboxylic acids is 1. The molecule has 0 radical (unpaired) electrons. The van der Waals surface area contributed by atoms with Crippen LogP contribution in [0.4, 0.5) is 8.78 Å². The average molecular weight is 416 g/mol. The van der Waals surface area contributed by atoms with Crippen molar-refractivity contribution in [3.05, 3.63) is 71.1 Å². The van der Waals surface area contributed by atoms with Crippen molar-refractivity contribution in [2.45, 2.75) is 12.5 Å². The van der Waals surface area contributed by atoms with Crippen LogP contribution < -0.4 is 11.1 Å². The van der Waals surface area contributed by atoms with E-state index in [-0.39, 0.29) is 28.4 Å². The Balaban J connectivity index is 1.88. The van der Waals surface area contributed by atoms with Crippen LogP contribution >= 0.6 is 0 Å². The maximum Gasteiger partial charge on any atom is 0.335 e. The Kier molecular flexibility index (Phi) is 5.81. The van der Waals surface area contributed by atoms with Crippen LogP contribution in [0.15, 0.2) is 47.0 Å². The van der Waals surface area contributed by atoms with Gasteiger partial charge in [-0.2, -0.15) is 4.98 Å². The first kappa shape index (κ1) is 20.6. The Labute approximate surface area is 167 Å². The molecule has 2 amide bonds. The lowest BCUT2D eigenvalue weighted by Gasteiger charge is -2.13. The van der Waals surface area contributed by atoms with Crippen LogP contribution in [0.25, 0.3) is 11.4 Å². The molecule has 2 aromatic carbocycles. The third kappa shape index (κ3) is 4.63. The lowest BCUT2D eigenvalue weighted by Crippen LogP contribution is -2.32. The van der Waals surface area contributed by atoms with Crippen LogP contribution in [0, 0.1) is 11.6 Å². The van der Waals surface area contributed by atoms with Gasteiger partial charge >= 0.3 is 5.97 Å². The van der Waals surface area contributed by atoms with Gasteiger partial charge in [-0.15, -0.1) is 0 Å². The summed E-state index contributed by atoms with van der Waals surface area (Å²) in [7, 11) is 0. The molecular formula is C19H14F2N4O5. The summed E-state index contributed by atoms with van der Waals surface area (Å²) in [4.78, 5) is 38.9. The molecule has 0 unspecified atom stereocenters. The van der Waals surface area contributed by atoms with Crippen LogP contribution in [0.5, 0.6) is 0 Å². The molecule has 11 heteroatoms. The van der Waals surface area contributed by atoms with E-state index in [0.717, 1.165) is 24.3 Å². The van der Waals surface area contributed by atoms with Crippen molar-refractivity contribution >= 4 is 17.8 Å². The highest BCUT2D eigenvalue weighted by atomic mass is 19.1. The number of amides is 2. The van der Waals surface area contributed by atoms with Crippen LogP contribution in [0.2, 0.25) is 0 Å². The second kappa shape index (κ2) is 8.47. The van der Waals surface area contributed by atoms with E-state index in [1.54, 1.807) is 0 Å². The lowest BCUT2D eigenvalue weighted by atomic mass is 10.1. The second-order valence-electron chi connectivity index (χ2n) is 6.16. The van der Waals surface area contributed by atoms with E-state index in [9.17, 15) is 23.2 Å². The Morgan fingerprint density at radius 2 is 1.87 bits per heavy atom. The summed E-state index contributed by atoms with van der Waals surface area (Å²) in [6.45, 7) is 0. The van der Waals surface area contributed by atoms with Gasteiger partial charge < -0.3 is 20.7 Å². The highest BCUT2D eigenvalue weighted by molar-refractivity contribution is 5.97. The number of rotatable bonds is 7. The third-order valence-electron chi connectivity index (χ3n) is 3.99. The van der Waals surface area contributed by atoms with E-state index in [0.29, 0.717) is 0 Å². The van der Waals surface area contributed by atoms with Gasteiger partial charge in [0.1, 0.15) is 17.7 Å². The zero-order valence-corrected chi connectivity index (χ0v) is 15.1. The van der Waals surface area contributed by atoms with E-state index in [1.165, 1.54) is 18.2 Å². The second-order valence-corrected chi connectivity index (χ2v) is 6.16. The monoisotopic (exact) mass is 416 g/mol. The summed E-state index contributed by atoms with van der Waals surface area (Å²) in [5.41, 5.74) is 4.81. The van der Waals surface area contributed by atoms with Crippen molar-refractivity contribution < 1.29 is 32.8 Å². The van der Waals surface area contributed by atoms with E-state index in [4.69, 9.17) is 15.4 Å². The number of carbonyl (C=O) groups excluding carboxylic acids is 2. The molecule has 1 aromatic heterocycles. The molecule has 0 fully saturated rings. The first-order valence-electron chi connectivity index (χ1n) is 8.46. The van der Waals surface area contributed by atoms with Gasteiger partial charge in [-0.25, -0.2) is 13.6 Å². The Morgan fingerprint density at radius 1 is 1.13 bits per heavy atom. The van der Waals surface area contributed by atoms with Crippen LogP contribution in [-0.4, -0.2) is 33.0 Å². The summed E-state index contributed by atoms with van der Waals surface area (Å²) >= 11 is 0. The minimum Gasteiger partial charge on any atom is -0.478 e. The Bertz CT molecular complexity index is 1130. The van der Waals surface area contributed by atoms with Crippen molar-refractivity contribution in [2.75, 3.05) is 0 Å². The Hall–Kier alpha value is -4.15. The van der Waals surface area contributed by atoms with Gasteiger partial charge in [-0.3, -0.25) is 9.59 Å². The molecule has 0 aliphatic rings. The molecule has 0 spiro atoms. The Morgan fingerprint density at radius 3 is 2.57 bits per heavy atom. The maximum absolute atomic E-state index is 13.9. The van der Waals surface area contributed by atoms with Crippen molar-refractivity contribution in [2.24, 2.45) is 5.73 Å². The SMILES string of the molecule is NC(=O)C[C@H](NC(=O)c1cccc(C(=O)O)c1)c1nc(-c2cc(F)ccc2F)no1. The number of hydrogen-bond donors (Lipinski definition) is 3. The molecule has 0 bridgehead atoms. The predicted molar refractivity (Wildman–Crippen MR) is 97.1 cm³/mol.